The zero-order chi connectivity index (χ0) is 25.9. The Morgan fingerprint density at radius 3 is 2.58 bits per heavy atom. The third kappa shape index (κ3) is 5.99. The average molecular weight is 519 g/mol. The van der Waals surface area contributed by atoms with Gasteiger partial charge in [-0.05, 0) is 48.4 Å². The van der Waals surface area contributed by atoms with Crippen molar-refractivity contribution in [3.63, 3.8) is 0 Å². The number of likely N-dealkylation sites (tertiary alicyclic amines) is 1. The summed E-state index contributed by atoms with van der Waals surface area (Å²) in [7, 11) is 1.70. The van der Waals surface area contributed by atoms with Crippen molar-refractivity contribution in [1.82, 2.24) is 9.80 Å². The van der Waals surface area contributed by atoms with Crippen LogP contribution in [-0.2, 0) is 22.4 Å². The number of para-hydroxylation sites is 1. The fourth-order valence-corrected chi connectivity index (χ4v) is 5.45. The smallest absolute Gasteiger partial charge is 0.260 e. The Kier molecular flexibility index (Phi) is 8.17. The minimum absolute atomic E-state index is 0.129. The molecule has 1 saturated heterocycles. The zero-order valence-electron chi connectivity index (χ0n) is 20.3. The number of aliphatic hydroxyl groups is 2. The first-order valence-corrected chi connectivity index (χ1v) is 12.6. The van der Waals surface area contributed by atoms with E-state index in [2.05, 4.69) is 0 Å². The molecule has 36 heavy (non-hydrogen) atoms. The van der Waals surface area contributed by atoms with Crippen molar-refractivity contribution in [1.29, 1.82) is 0 Å². The van der Waals surface area contributed by atoms with E-state index in [0.29, 0.717) is 38.2 Å². The number of fused-ring (bicyclic) bond motifs is 1. The lowest BCUT2D eigenvalue weighted by atomic mass is 9.72. The largest absolute Gasteiger partial charge is 0.483 e. The van der Waals surface area contributed by atoms with Gasteiger partial charge in [0.2, 0.25) is 5.91 Å². The Bertz CT molecular complexity index is 1090. The van der Waals surface area contributed by atoms with E-state index < -0.39 is 23.4 Å². The number of benzene rings is 2. The van der Waals surface area contributed by atoms with Crippen molar-refractivity contribution in [2.75, 3.05) is 33.3 Å². The van der Waals surface area contributed by atoms with Crippen LogP contribution in [0.15, 0.2) is 42.5 Å². The number of halogens is 2. The standard InChI is InChI=1S/C27H32ClFN2O5/c1-30-17-27(9-11-31(12-10-27)25(34)14-19-20(28)6-4-7-21(19)29)15-23(33)22(32)13-18-5-2-3-8-24(18)36-16-26(30)35/h2-8,22-23,32-33H,9-17H2,1H3/t22-,23+/m0/s1. The molecule has 2 amide bonds. The van der Waals surface area contributed by atoms with Crippen LogP contribution in [0, 0.1) is 11.2 Å². The Morgan fingerprint density at radius 1 is 1.14 bits per heavy atom. The van der Waals surface area contributed by atoms with E-state index >= 15 is 0 Å². The summed E-state index contributed by atoms with van der Waals surface area (Å²) in [6, 6.07) is 11.5. The second-order valence-corrected chi connectivity index (χ2v) is 10.4. The van der Waals surface area contributed by atoms with Crippen molar-refractivity contribution in [2.24, 2.45) is 5.41 Å². The summed E-state index contributed by atoms with van der Waals surface area (Å²) in [6.07, 6.45) is -0.600. The summed E-state index contributed by atoms with van der Waals surface area (Å²) in [5, 5.41) is 22.0. The summed E-state index contributed by atoms with van der Waals surface area (Å²) < 4.78 is 19.9. The molecule has 2 heterocycles. The molecule has 1 spiro atoms. The number of hydrogen-bond donors (Lipinski definition) is 2. The van der Waals surface area contributed by atoms with Crippen LogP contribution in [0.25, 0.3) is 0 Å². The van der Waals surface area contributed by atoms with E-state index in [0.717, 1.165) is 5.56 Å². The quantitative estimate of drug-likeness (QED) is 0.638. The second-order valence-electron chi connectivity index (χ2n) is 9.95. The lowest BCUT2D eigenvalue weighted by Gasteiger charge is -2.45. The van der Waals surface area contributed by atoms with Gasteiger partial charge < -0.3 is 24.7 Å². The predicted molar refractivity (Wildman–Crippen MR) is 133 cm³/mol. The highest BCUT2D eigenvalue weighted by Crippen LogP contribution is 2.39. The number of aliphatic hydroxyl groups excluding tert-OH is 2. The molecule has 7 nitrogen and oxygen atoms in total. The Morgan fingerprint density at radius 2 is 1.86 bits per heavy atom. The van der Waals surface area contributed by atoms with Gasteiger partial charge in [-0.15, -0.1) is 0 Å². The van der Waals surface area contributed by atoms with E-state index in [1.165, 1.54) is 12.1 Å². The first kappa shape index (κ1) is 26.4. The monoisotopic (exact) mass is 518 g/mol. The average Bonchev–Trinajstić information content (AvgIpc) is 2.85. The molecule has 0 aromatic heterocycles. The number of rotatable bonds is 2. The van der Waals surface area contributed by atoms with Crippen molar-refractivity contribution in [3.8, 4) is 5.75 Å². The van der Waals surface area contributed by atoms with Gasteiger partial charge in [-0.3, -0.25) is 9.59 Å². The van der Waals surface area contributed by atoms with Crippen LogP contribution < -0.4 is 4.74 Å². The minimum atomic E-state index is -1.01. The number of ether oxygens (including phenoxy) is 1. The molecule has 0 aliphatic carbocycles. The molecule has 0 radical (unpaired) electrons. The van der Waals surface area contributed by atoms with E-state index in [1.54, 1.807) is 35.0 Å². The molecule has 2 atom stereocenters. The van der Waals surface area contributed by atoms with Crippen molar-refractivity contribution in [2.45, 2.75) is 44.3 Å². The van der Waals surface area contributed by atoms with Crippen molar-refractivity contribution in [3.05, 3.63) is 64.4 Å². The Hall–Kier alpha value is -2.68. The molecule has 0 saturated carbocycles. The lowest BCUT2D eigenvalue weighted by Crippen LogP contribution is -2.51. The predicted octanol–water partition coefficient (Wildman–Crippen LogP) is 2.84. The first-order chi connectivity index (χ1) is 17.2. The van der Waals surface area contributed by atoms with E-state index in [4.69, 9.17) is 16.3 Å². The Labute approximate surface area is 215 Å². The van der Waals surface area contributed by atoms with Crippen LogP contribution >= 0.6 is 11.6 Å². The highest BCUT2D eigenvalue weighted by Gasteiger charge is 2.41. The van der Waals surface area contributed by atoms with Gasteiger partial charge in [-0.1, -0.05) is 35.9 Å². The van der Waals surface area contributed by atoms with Gasteiger partial charge in [0.05, 0.1) is 18.6 Å². The molecule has 1 fully saturated rings. The summed E-state index contributed by atoms with van der Waals surface area (Å²) in [5.41, 5.74) is 0.414. The van der Waals surface area contributed by atoms with Crippen LogP contribution in [0.5, 0.6) is 5.75 Å². The van der Waals surface area contributed by atoms with E-state index in [1.807, 2.05) is 12.1 Å². The number of nitrogens with zero attached hydrogens (tertiary/aromatic N) is 2. The third-order valence-electron chi connectivity index (χ3n) is 7.40. The van der Waals surface area contributed by atoms with Crippen LogP contribution in [0.1, 0.15) is 30.4 Å². The lowest BCUT2D eigenvalue weighted by molar-refractivity contribution is -0.138. The molecule has 2 aliphatic heterocycles. The fraction of sp³-hybridized carbons (Fsp3) is 0.481. The van der Waals surface area contributed by atoms with Gasteiger partial charge in [0.25, 0.3) is 5.91 Å². The highest BCUT2D eigenvalue weighted by molar-refractivity contribution is 6.31. The summed E-state index contributed by atoms with van der Waals surface area (Å²) in [6.45, 7) is 1.03. The summed E-state index contributed by atoms with van der Waals surface area (Å²) in [5.74, 6) is -0.403. The third-order valence-corrected chi connectivity index (χ3v) is 7.76. The number of hydrogen-bond acceptors (Lipinski definition) is 5. The molecule has 0 bridgehead atoms. The van der Waals surface area contributed by atoms with Gasteiger partial charge in [0.1, 0.15) is 11.6 Å². The summed E-state index contributed by atoms with van der Waals surface area (Å²) >= 11 is 6.10. The van der Waals surface area contributed by atoms with Crippen LogP contribution in [-0.4, -0.2) is 77.3 Å². The maximum Gasteiger partial charge on any atom is 0.260 e. The van der Waals surface area contributed by atoms with Gasteiger partial charge in [-0.2, -0.15) is 0 Å². The number of carbonyl (C=O) groups is 2. The molecule has 2 aromatic rings. The van der Waals surface area contributed by atoms with E-state index in [9.17, 15) is 24.2 Å². The maximum atomic E-state index is 14.2. The van der Waals surface area contributed by atoms with Crippen LogP contribution in [0.3, 0.4) is 0 Å². The highest BCUT2D eigenvalue weighted by atomic mass is 35.5. The van der Waals surface area contributed by atoms with Gasteiger partial charge in [0.15, 0.2) is 6.61 Å². The normalized spacial score (nSPS) is 22.9. The molecule has 2 N–H and O–H groups in total. The molecule has 194 valence electrons. The van der Waals surface area contributed by atoms with Gasteiger partial charge in [-0.25, -0.2) is 4.39 Å². The van der Waals surface area contributed by atoms with Gasteiger partial charge in [0, 0.05) is 43.7 Å². The van der Waals surface area contributed by atoms with Crippen LogP contribution in [0.2, 0.25) is 5.02 Å². The molecule has 2 aromatic carbocycles. The topological polar surface area (TPSA) is 90.3 Å². The fourth-order valence-electron chi connectivity index (χ4n) is 5.22. The number of piperidine rings is 1. The molecule has 2 aliphatic rings. The SMILES string of the molecule is CN1CC2(CCN(C(=O)Cc3c(F)cccc3Cl)CC2)C[C@@H](O)[C@@H](O)Cc2ccccc2OCC1=O. The zero-order valence-corrected chi connectivity index (χ0v) is 21.1. The van der Waals surface area contributed by atoms with E-state index in [-0.39, 0.29) is 48.3 Å². The number of likely N-dealkylation sites (N-methyl/N-ethyl adjacent to an activating group) is 1. The second kappa shape index (κ2) is 11.2. The van der Waals surface area contributed by atoms with Crippen molar-refractivity contribution < 1.29 is 28.9 Å². The molecule has 9 heteroatoms. The maximum absolute atomic E-state index is 14.2. The number of amides is 2. The van der Waals surface area contributed by atoms with Crippen molar-refractivity contribution >= 4 is 23.4 Å². The Balaban J connectivity index is 1.48. The molecule has 4 rings (SSSR count). The summed E-state index contributed by atoms with van der Waals surface area (Å²) in [4.78, 5) is 29.0. The molecular weight excluding hydrogens is 487 g/mol. The molecule has 0 unspecified atom stereocenters. The van der Waals surface area contributed by atoms with Crippen LogP contribution in [0.4, 0.5) is 4.39 Å². The minimum Gasteiger partial charge on any atom is -0.483 e. The molecular formula is C27H32ClFN2O5. The first-order valence-electron chi connectivity index (χ1n) is 12.2. The van der Waals surface area contributed by atoms with Gasteiger partial charge >= 0.3 is 0 Å². The number of carbonyl (C=O) groups excluding carboxylic acids is 2.